The molecule has 0 bridgehead atoms. The number of anilines is 1. The summed E-state index contributed by atoms with van der Waals surface area (Å²) in [5.74, 6) is 0.713. The third kappa shape index (κ3) is 4.50. The highest BCUT2D eigenvalue weighted by Gasteiger charge is 2.26. The zero-order valence-electron chi connectivity index (χ0n) is 13.7. The highest BCUT2D eigenvalue weighted by molar-refractivity contribution is 5.76. The van der Waals surface area contributed by atoms with Crippen LogP contribution in [0.1, 0.15) is 18.4 Å². The molecule has 1 fully saturated rings. The molecule has 1 N–H and O–H groups in total. The molecule has 0 spiro atoms. The van der Waals surface area contributed by atoms with E-state index in [1.807, 2.05) is 17.0 Å². The first kappa shape index (κ1) is 16.8. The van der Waals surface area contributed by atoms with E-state index in [2.05, 4.69) is 15.3 Å². The van der Waals surface area contributed by atoms with Crippen molar-refractivity contribution in [2.45, 2.75) is 25.3 Å². The van der Waals surface area contributed by atoms with Gasteiger partial charge in [0, 0.05) is 44.0 Å². The monoisotopic (exact) mass is 341 g/mol. The summed E-state index contributed by atoms with van der Waals surface area (Å²) in [5.41, 5.74) is 1.02. The highest BCUT2D eigenvalue weighted by atomic mass is 16.6. The normalized spacial score (nSPS) is 16.6. The smallest absolute Gasteiger partial charge is 0.287 e. The molecule has 1 aliphatic heterocycles. The third-order valence-corrected chi connectivity index (χ3v) is 4.20. The summed E-state index contributed by atoms with van der Waals surface area (Å²) in [6.45, 7) is 1.32. The molecule has 130 valence electrons. The van der Waals surface area contributed by atoms with Crippen molar-refractivity contribution < 1.29 is 9.72 Å². The SMILES string of the molecule is O=C(CCc1cccnc1)N1CCC(Nc2ccc([N+](=O)[O-])cn2)C1. The molecule has 0 aliphatic carbocycles. The number of pyridine rings is 2. The van der Waals surface area contributed by atoms with Crippen LogP contribution in [0.15, 0.2) is 42.9 Å². The van der Waals surface area contributed by atoms with Crippen molar-refractivity contribution >= 4 is 17.4 Å². The van der Waals surface area contributed by atoms with E-state index >= 15 is 0 Å². The van der Waals surface area contributed by atoms with E-state index in [0.717, 1.165) is 12.0 Å². The predicted molar refractivity (Wildman–Crippen MR) is 92.1 cm³/mol. The van der Waals surface area contributed by atoms with Crippen LogP contribution in [0, 0.1) is 10.1 Å². The fourth-order valence-corrected chi connectivity index (χ4v) is 2.85. The summed E-state index contributed by atoms with van der Waals surface area (Å²) in [6.07, 6.45) is 6.71. The quantitative estimate of drug-likeness (QED) is 0.637. The Bertz CT molecular complexity index is 736. The first-order valence-electron chi connectivity index (χ1n) is 8.15. The van der Waals surface area contributed by atoms with Gasteiger partial charge < -0.3 is 10.2 Å². The minimum Gasteiger partial charge on any atom is -0.365 e. The van der Waals surface area contributed by atoms with Gasteiger partial charge in [0.15, 0.2) is 0 Å². The van der Waals surface area contributed by atoms with Crippen LogP contribution in [0.5, 0.6) is 0 Å². The Hall–Kier alpha value is -3.03. The summed E-state index contributed by atoms with van der Waals surface area (Å²) in [7, 11) is 0. The lowest BCUT2D eigenvalue weighted by Gasteiger charge is -2.17. The zero-order chi connectivity index (χ0) is 17.6. The molecule has 3 rings (SSSR count). The maximum absolute atomic E-state index is 12.3. The molecule has 8 nitrogen and oxygen atoms in total. The molecular weight excluding hydrogens is 322 g/mol. The van der Waals surface area contributed by atoms with Gasteiger partial charge in [-0.3, -0.25) is 19.9 Å². The van der Waals surface area contributed by atoms with Gasteiger partial charge in [-0.2, -0.15) is 0 Å². The molecule has 1 aliphatic rings. The number of likely N-dealkylation sites (tertiary alicyclic amines) is 1. The number of aryl methyl sites for hydroxylation is 1. The van der Waals surface area contributed by atoms with E-state index in [1.165, 1.54) is 12.3 Å². The number of aromatic nitrogens is 2. The third-order valence-electron chi connectivity index (χ3n) is 4.20. The number of rotatable bonds is 6. The Morgan fingerprint density at radius 3 is 2.92 bits per heavy atom. The molecular formula is C17H19N5O3. The van der Waals surface area contributed by atoms with Crippen LogP contribution in [0.4, 0.5) is 11.5 Å². The molecule has 1 saturated heterocycles. The van der Waals surface area contributed by atoms with E-state index in [4.69, 9.17) is 0 Å². The fraction of sp³-hybridized carbons (Fsp3) is 0.353. The van der Waals surface area contributed by atoms with Gasteiger partial charge in [-0.1, -0.05) is 6.07 Å². The van der Waals surface area contributed by atoms with E-state index in [9.17, 15) is 14.9 Å². The van der Waals surface area contributed by atoms with Crippen LogP contribution in [0.3, 0.4) is 0 Å². The molecule has 2 aromatic heterocycles. The van der Waals surface area contributed by atoms with Gasteiger partial charge in [0.05, 0.1) is 4.92 Å². The van der Waals surface area contributed by atoms with Crippen molar-refractivity contribution in [2.75, 3.05) is 18.4 Å². The number of carbonyl (C=O) groups excluding carboxylic acids is 1. The van der Waals surface area contributed by atoms with Crippen LogP contribution in [-0.4, -0.2) is 44.8 Å². The van der Waals surface area contributed by atoms with Crippen molar-refractivity contribution in [2.24, 2.45) is 0 Å². The second-order valence-electron chi connectivity index (χ2n) is 5.99. The van der Waals surface area contributed by atoms with Gasteiger partial charge in [-0.05, 0) is 30.5 Å². The molecule has 3 heterocycles. The number of nitrogens with one attached hydrogen (secondary N) is 1. The summed E-state index contributed by atoms with van der Waals surface area (Å²) in [4.78, 5) is 32.4. The number of hydrogen-bond acceptors (Lipinski definition) is 6. The average molecular weight is 341 g/mol. The van der Waals surface area contributed by atoms with Crippen LogP contribution in [0.2, 0.25) is 0 Å². The van der Waals surface area contributed by atoms with E-state index in [0.29, 0.717) is 31.7 Å². The first-order valence-corrected chi connectivity index (χ1v) is 8.15. The summed E-state index contributed by atoms with van der Waals surface area (Å²) in [6, 6.07) is 6.95. The maximum atomic E-state index is 12.3. The first-order chi connectivity index (χ1) is 12.1. The summed E-state index contributed by atoms with van der Waals surface area (Å²) < 4.78 is 0. The average Bonchev–Trinajstić information content (AvgIpc) is 3.09. The van der Waals surface area contributed by atoms with Crippen LogP contribution in [-0.2, 0) is 11.2 Å². The topological polar surface area (TPSA) is 101 Å². The Kier molecular flexibility index (Phi) is 5.17. The van der Waals surface area contributed by atoms with Crippen LogP contribution in [0.25, 0.3) is 0 Å². The van der Waals surface area contributed by atoms with E-state index < -0.39 is 4.92 Å². The van der Waals surface area contributed by atoms with Crippen LogP contribution < -0.4 is 5.32 Å². The van der Waals surface area contributed by atoms with Crippen molar-refractivity contribution in [3.63, 3.8) is 0 Å². The van der Waals surface area contributed by atoms with E-state index in [1.54, 1.807) is 18.5 Å². The molecule has 25 heavy (non-hydrogen) atoms. The summed E-state index contributed by atoms with van der Waals surface area (Å²) >= 11 is 0. The molecule has 1 amide bonds. The van der Waals surface area contributed by atoms with Crippen molar-refractivity contribution in [1.29, 1.82) is 0 Å². The van der Waals surface area contributed by atoms with Gasteiger partial charge in [-0.15, -0.1) is 0 Å². The minimum absolute atomic E-state index is 0.0378. The largest absolute Gasteiger partial charge is 0.365 e. The number of nitro groups is 1. The standard InChI is InChI=1S/C17H19N5O3/c23-17(6-3-13-2-1-8-18-10-13)21-9-7-14(12-21)20-16-5-4-15(11-19-16)22(24)25/h1-2,4-5,8,10-11,14H,3,6-7,9,12H2,(H,19,20). The van der Waals surface area contributed by atoms with Crippen molar-refractivity contribution in [1.82, 2.24) is 14.9 Å². The van der Waals surface area contributed by atoms with E-state index in [-0.39, 0.29) is 17.6 Å². The lowest BCUT2D eigenvalue weighted by molar-refractivity contribution is -0.385. The lowest BCUT2D eigenvalue weighted by atomic mass is 10.1. The van der Waals surface area contributed by atoms with Gasteiger partial charge in [-0.25, -0.2) is 4.98 Å². The van der Waals surface area contributed by atoms with Gasteiger partial charge in [0.2, 0.25) is 5.91 Å². The Morgan fingerprint density at radius 2 is 2.24 bits per heavy atom. The number of amides is 1. The molecule has 0 radical (unpaired) electrons. The van der Waals surface area contributed by atoms with Crippen molar-refractivity contribution in [3.05, 3.63) is 58.5 Å². The molecule has 8 heteroatoms. The van der Waals surface area contributed by atoms with Crippen LogP contribution >= 0.6 is 0 Å². The Labute approximate surface area is 145 Å². The van der Waals surface area contributed by atoms with Gasteiger partial charge >= 0.3 is 0 Å². The Balaban J connectivity index is 1.47. The molecule has 1 atom stereocenters. The molecule has 0 saturated carbocycles. The lowest BCUT2D eigenvalue weighted by Crippen LogP contribution is -2.31. The Morgan fingerprint density at radius 1 is 1.36 bits per heavy atom. The molecule has 1 unspecified atom stereocenters. The second-order valence-corrected chi connectivity index (χ2v) is 5.99. The fourth-order valence-electron chi connectivity index (χ4n) is 2.85. The summed E-state index contributed by atoms with van der Waals surface area (Å²) in [5, 5.41) is 13.9. The number of carbonyl (C=O) groups is 1. The van der Waals surface area contributed by atoms with Gasteiger partial charge in [0.1, 0.15) is 12.0 Å². The van der Waals surface area contributed by atoms with Crippen molar-refractivity contribution in [3.8, 4) is 0 Å². The predicted octanol–water partition coefficient (Wildman–Crippen LogP) is 2.03. The number of hydrogen-bond donors (Lipinski definition) is 1. The maximum Gasteiger partial charge on any atom is 0.287 e. The number of nitrogens with zero attached hydrogens (tertiary/aromatic N) is 4. The molecule has 0 aromatic carbocycles. The second kappa shape index (κ2) is 7.69. The highest BCUT2D eigenvalue weighted by Crippen LogP contribution is 2.18. The zero-order valence-corrected chi connectivity index (χ0v) is 13.7. The molecule has 2 aromatic rings. The van der Waals surface area contributed by atoms with Gasteiger partial charge in [0.25, 0.3) is 5.69 Å². The minimum atomic E-state index is -0.477.